The van der Waals surface area contributed by atoms with E-state index in [-0.39, 0.29) is 11.9 Å². The lowest BCUT2D eigenvalue weighted by Crippen LogP contribution is -2.42. The zero-order valence-corrected chi connectivity index (χ0v) is 14.1. The number of hydrogen-bond donors (Lipinski definition) is 2. The van der Waals surface area contributed by atoms with Gasteiger partial charge in [-0.05, 0) is 54.9 Å². The Morgan fingerprint density at radius 3 is 2.79 bits per heavy atom. The summed E-state index contributed by atoms with van der Waals surface area (Å²) in [5, 5.41) is 7.87. The minimum Gasteiger partial charge on any atom is -0.473 e. The lowest BCUT2D eigenvalue weighted by atomic mass is 9.95. The first-order valence-electron chi connectivity index (χ1n) is 8.06. The topological polar surface area (TPSA) is 72.5 Å². The highest BCUT2D eigenvalue weighted by atomic mass is 32.1. The Morgan fingerprint density at radius 1 is 1.33 bits per heavy atom. The van der Waals surface area contributed by atoms with Gasteiger partial charge in [0.1, 0.15) is 5.75 Å². The van der Waals surface area contributed by atoms with Crippen LogP contribution >= 0.6 is 11.3 Å². The average molecular weight is 345 g/mol. The van der Waals surface area contributed by atoms with Crippen molar-refractivity contribution in [3.05, 3.63) is 36.0 Å². The Hall–Kier alpha value is -2.12. The lowest BCUT2D eigenvalue weighted by Gasteiger charge is -2.21. The molecule has 2 saturated heterocycles. The maximum absolute atomic E-state index is 12.4. The number of aromatic nitrogens is 1. The molecule has 1 aromatic carbocycles. The number of rotatable bonds is 5. The second-order valence-electron chi connectivity index (χ2n) is 6.14. The van der Waals surface area contributed by atoms with Gasteiger partial charge in [-0.15, -0.1) is 0 Å². The predicted octanol–water partition coefficient (Wildman–Crippen LogP) is 2.57. The molecular weight excluding hydrogens is 326 g/mol. The highest BCUT2D eigenvalue weighted by Gasteiger charge is 2.39. The van der Waals surface area contributed by atoms with Crippen molar-refractivity contribution in [2.75, 3.05) is 7.11 Å². The second-order valence-corrected chi connectivity index (χ2v) is 7.09. The summed E-state index contributed by atoms with van der Waals surface area (Å²) < 4.78 is 10.7. The van der Waals surface area contributed by atoms with Crippen molar-refractivity contribution in [3.8, 4) is 16.0 Å². The van der Waals surface area contributed by atoms with Crippen molar-refractivity contribution in [1.82, 2.24) is 15.6 Å². The number of carbonyl (C=O) groups excluding carboxylic acids is 1. The van der Waals surface area contributed by atoms with Crippen LogP contribution in [-0.4, -0.2) is 36.1 Å². The Kier molecular flexibility index (Phi) is 4.12. The van der Waals surface area contributed by atoms with E-state index in [0.717, 1.165) is 12.8 Å². The number of nitrogens with zero attached hydrogens (tertiary/aromatic N) is 1. The van der Waals surface area contributed by atoms with Crippen LogP contribution in [0.1, 0.15) is 29.6 Å². The van der Waals surface area contributed by atoms with Gasteiger partial charge in [0.25, 0.3) is 11.1 Å². The smallest absolute Gasteiger partial charge is 0.276 e. The van der Waals surface area contributed by atoms with E-state index < -0.39 is 0 Å². The second kappa shape index (κ2) is 6.41. The van der Waals surface area contributed by atoms with Crippen LogP contribution in [0.15, 0.2) is 30.5 Å². The number of hydrogen-bond acceptors (Lipinski definition) is 6. The fraction of sp³-hybridized carbons (Fsp3) is 0.412. The number of thiazole rings is 1. The maximum atomic E-state index is 12.4. The molecule has 2 aromatic rings. The van der Waals surface area contributed by atoms with Gasteiger partial charge in [-0.25, -0.2) is 4.98 Å². The summed E-state index contributed by atoms with van der Waals surface area (Å²) in [7, 11) is 1.57. The molecule has 3 heterocycles. The third-order valence-electron chi connectivity index (χ3n) is 4.59. The lowest BCUT2D eigenvalue weighted by molar-refractivity contribution is 0.0931. The molecule has 2 bridgehead atoms. The van der Waals surface area contributed by atoms with E-state index in [1.165, 1.54) is 17.8 Å². The Bertz CT molecular complexity index is 731. The molecule has 1 aromatic heterocycles. The third-order valence-corrected chi connectivity index (χ3v) is 5.43. The Morgan fingerprint density at radius 2 is 2.17 bits per heavy atom. The van der Waals surface area contributed by atoms with Crippen LogP contribution in [-0.2, 0) is 0 Å². The van der Waals surface area contributed by atoms with Crippen LogP contribution in [0.25, 0.3) is 0 Å². The molecule has 3 unspecified atom stereocenters. The summed E-state index contributed by atoms with van der Waals surface area (Å²) in [5.41, 5.74) is 0.645. The van der Waals surface area contributed by atoms with Crippen LogP contribution in [0, 0.1) is 0 Å². The van der Waals surface area contributed by atoms with Gasteiger partial charge in [0.2, 0.25) is 5.06 Å². The molecule has 2 aliphatic rings. The molecule has 7 heteroatoms. The summed E-state index contributed by atoms with van der Waals surface area (Å²) in [4.78, 5) is 16.4. The van der Waals surface area contributed by atoms with Gasteiger partial charge >= 0.3 is 0 Å². The molecule has 0 radical (unpaired) electrons. The fourth-order valence-electron chi connectivity index (χ4n) is 3.41. The van der Waals surface area contributed by atoms with Crippen LogP contribution in [0.5, 0.6) is 16.0 Å². The number of methoxy groups -OCH3 is 1. The van der Waals surface area contributed by atoms with E-state index in [2.05, 4.69) is 15.6 Å². The largest absolute Gasteiger partial charge is 0.473 e. The molecule has 6 nitrogen and oxygen atoms in total. The maximum Gasteiger partial charge on any atom is 0.276 e. The van der Waals surface area contributed by atoms with Gasteiger partial charge in [0, 0.05) is 23.7 Å². The standard InChI is InChI=1S/C17H19N3O3S/c1-22-17-18-9-15(24-17)23-12-5-2-10(3-6-12)16(21)20-14-8-11-4-7-13(14)19-11/h2-3,5-6,9,11,13-14,19H,4,7-8H2,1H3,(H,20,21). The molecule has 3 atom stereocenters. The van der Waals surface area contributed by atoms with Crippen molar-refractivity contribution in [3.63, 3.8) is 0 Å². The molecular formula is C17H19N3O3S. The highest BCUT2D eigenvalue weighted by Crippen LogP contribution is 2.31. The van der Waals surface area contributed by atoms with E-state index in [9.17, 15) is 4.79 Å². The monoisotopic (exact) mass is 345 g/mol. The van der Waals surface area contributed by atoms with Gasteiger partial charge in [-0.1, -0.05) is 0 Å². The highest BCUT2D eigenvalue weighted by molar-refractivity contribution is 7.15. The zero-order valence-electron chi connectivity index (χ0n) is 13.3. The average Bonchev–Trinajstić information content (AvgIpc) is 3.32. The number of ether oxygens (including phenoxy) is 2. The molecule has 0 aliphatic carbocycles. The summed E-state index contributed by atoms with van der Waals surface area (Å²) in [6.45, 7) is 0. The third kappa shape index (κ3) is 3.09. The molecule has 1 amide bonds. The van der Waals surface area contributed by atoms with E-state index in [0.29, 0.717) is 33.7 Å². The van der Waals surface area contributed by atoms with Crippen molar-refractivity contribution in [2.45, 2.75) is 37.4 Å². The van der Waals surface area contributed by atoms with Crippen LogP contribution in [0.4, 0.5) is 0 Å². The van der Waals surface area contributed by atoms with Crippen molar-refractivity contribution >= 4 is 17.2 Å². The minimum atomic E-state index is -0.0274. The Labute approximate surface area is 144 Å². The first kappa shape index (κ1) is 15.4. The first-order valence-corrected chi connectivity index (χ1v) is 8.87. The SMILES string of the molecule is COc1ncc(Oc2ccc(C(=O)NC3CC4CCC3N4)cc2)s1. The van der Waals surface area contributed by atoms with Crippen molar-refractivity contribution in [2.24, 2.45) is 0 Å². The van der Waals surface area contributed by atoms with Gasteiger partial charge in [-0.2, -0.15) is 0 Å². The molecule has 4 rings (SSSR count). The first-order chi connectivity index (χ1) is 11.7. The molecule has 24 heavy (non-hydrogen) atoms. The molecule has 2 N–H and O–H groups in total. The van der Waals surface area contributed by atoms with Crippen molar-refractivity contribution < 1.29 is 14.3 Å². The van der Waals surface area contributed by atoms with E-state index in [1.807, 2.05) is 0 Å². The number of amides is 1. The summed E-state index contributed by atoms with van der Waals surface area (Å²) in [6.07, 6.45) is 5.03. The summed E-state index contributed by atoms with van der Waals surface area (Å²) >= 11 is 1.32. The minimum absolute atomic E-state index is 0.0274. The van der Waals surface area contributed by atoms with Crippen molar-refractivity contribution in [1.29, 1.82) is 0 Å². The van der Waals surface area contributed by atoms with Gasteiger partial charge in [-0.3, -0.25) is 4.79 Å². The van der Waals surface area contributed by atoms with Gasteiger partial charge in [0.05, 0.1) is 13.3 Å². The molecule has 2 aliphatic heterocycles. The van der Waals surface area contributed by atoms with E-state index in [1.54, 1.807) is 37.6 Å². The number of fused-ring (bicyclic) bond motifs is 2. The van der Waals surface area contributed by atoms with Gasteiger partial charge < -0.3 is 20.1 Å². The molecule has 126 valence electrons. The molecule has 0 saturated carbocycles. The van der Waals surface area contributed by atoms with E-state index in [4.69, 9.17) is 9.47 Å². The molecule has 0 spiro atoms. The van der Waals surface area contributed by atoms with E-state index >= 15 is 0 Å². The van der Waals surface area contributed by atoms with Gasteiger partial charge in [0.15, 0.2) is 0 Å². The van der Waals surface area contributed by atoms with Crippen LogP contribution in [0.3, 0.4) is 0 Å². The molecule has 2 fully saturated rings. The number of carbonyl (C=O) groups is 1. The van der Waals surface area contributed by atoms with Crippen LogP contribution in [0.2, 0.25) is 0 Å². The zero-order chi connectivity index (χ0) is 16.5. The Balaban J connectivity index is 1.37. The number of nitrogens with one attached hydrogen (secondary N) is 2. The quantitative estimate of drug-likeness (QED) is 0.871. The summed E-state index contributed by atoms with van der Waals surface area (Å²) in [6, 6.07) is 8.40. The summed E-state index contributed by atoms with van der Waals surface area (Å²) in [5.74, 6) is 0.639. The fourth-order valence-corrected chi connectivity index (χ4v) is 4.02. The number of benzene rings is 1. The predicted molar refractivity (Wildman–Crippen MR) is 91.0 cm³/mol. The normalized spacial score (nSPS) is 24.8. The van der Waals surface area contributed by atoms with Crippen LogP contribution < -0.4 is 20.1 Å².